The second-order valence-electron chi connectivity index (χ2n) is 6.25. The molecule has 0 aromatic heterocycles. The van der Waals surface area contributed by atoms with Gasteiger partial charge in [0.15, 0.2) is 0 Å². The number of hydrogen-bond acceptors (Lipinski definition) is 1. The normalized spacial score (nSPS) is 12.1. The Balaban J connectivity index is 1.79. The predicted octanol–water partition coefficient (Wildman–Crippen LogP) is 6.47. The van der Waals surface area contributed by atoms with E-state index >= 15 is 0 Å². The van der Waals surface area contributed by atoms with Crippen LogP contribution in [0, 0.1) is 11.8 Å². The van der Waals surface area contributed by atoms with Crippen molar-refractivity contribution in [3.8, 4) is 23.0 Å². The van der Waals surface area contributed by atoms with E-state index in [1.807, 2.05) is 19.2 Å². The first-order valence-electron chi connectivity index (χ1n) is 9.15. The van der Waals surface area contributed by atoms with E-state index in [1.165, 1.54) is 22.3 Å². The topological polar surface area (TPSA) is 12.4 Å². The first-order chi connectivity index (χ1) is 12.7. The number of rotatable bonds is 6. The van der Waals surface area contributed by atoms with Crippen LogP contribution in [-0.2, 0) is 0 Å². The maximum absolute atomic E-state index is 4.48. The van der Waals surface area contributed by atoms with Crippen molar-refractivity contribution in [2.75, 3.05) is 6.54 Å². The van der Waals surface area contributed by atoms with Gasteiger partial charge in [-0.25, -0.2) is 0 Å². The second kappa shape index (κ2) is 10.9. The average molecular weight is 341 g/mol. The minimum Gasteiger partial charge on any atom is -0.293 e. The molecule has 0 spiro atoms. The fourth-order valence-electron chi connectivity index (χ4n) is 2.48. The van der Waals surface area contributed by atoms with E-state index in [0.29, 0.717) is 0 Å². The molecule has 1 nitrogen and oxygen atoms in total. The molecule has 132 valence electrons. The van der Waals surface area contributed by atoms with Gasteiger partial charge in [-0.05, 0) is 61.6 Å². The summed E-state index contributed by atoms with van der Waals surface area (Å²) >= 11 is 0. The summed E-state index contributed by atoms with van der Waals surface area (Å²) in [7, 11) is 0. The van der Waals surface area contributed by atoms with E-state index < -0.39 is 0 Å². The summed E-state index contributed by atoms with van der Waals surface area (Å²) in [5.74, 6) is 6.48. The van der Waals surface area contributed by atoms with Gasteiger partial charge in [0.05, 0.1) is 0 Å². The molecule has 0 atom stereocenters. The van der Waals surface area contributed by atoms with Crippen molar-refractivity contribution in [2.45, 2.75) is 33.6 Å². The van der Waals surface area contributed by atoms with Crippen LogP contribution in [0.15, 0.2) is 82.9 Å². The lowest BCUT2D eigenvalue weighted by molar-refractivity contribution is 0.873. The second-order valence-corrected chi connectivity index (χ2v) is 6.25. The zero-order valence-corrected chi connectivity index (χ0v) is 16.0. The molecule has 2 aromatic carbocycles. The highest BCUT2D eigenvalue weighted by Crippen LogP contribution is 2.18. The lowest BCUT2D eigenvalue weighted by atomic mass is 10.0. The molecule has 0 heterocycles. The van der Waals surface area contributed by atoms with E-state index in [1.54, 1.807) is 0 Å². The van der Waals surface area contributed by atoms with Gasteiger partial charge in [-0.3, -0.25) is 4.99 Å². The number of allylic oxidation sites excluding steroid dienone is 4. The zero-order chi connectivity index (χ0) is 18.6. The summed E-state index contributed by atoms with van der Waals surface area (Å²) in [5, 5.41) is 0. The first kappa shape index (κ1) is 19.5. The molecule has 0 aliphatic carbocycles. The van der Waals surface area contributed by atoms with E-state index in [4.69, 9.17) is 0 Å². The van der Waals surface area contributed by atoms with Crippen molar-refractivity contribution >= 4 is 6.21 Å². The summed E-state index contributed by atoms with van der Waals surface area (Å²) in [6.45, 7) is 7.05. The van der Waals surface area contributed by atoms with E-state index in [2.05, 4.69) is 91.4 Å². The number of nitrogens with zero attached hydrogens (tertiary/aromatic N) is 1. The summed E-state index contributed by atoms with van der Waals surface area (Å²) < 4.78 is 0. The zero-order valence-electron chi connectivity index (χ0n) is 16.0. The highest BCUT2D eigenvalue weighted by molar-refractivity contribution is 5.79. The van der Waals surface area contributed by atoms with Gasteiger partial charge in [0.1, 0.15) is 0 Å². The molecule has 1 heteroatoms. The summed E-state index contributed by atoms with van der Waals surface area (Å²) in [4.78, 5) is 4.48. The number of benzene rings is 2. The van der Waals surface area contributed by atoms with E-state index in [9.17, 15) is 0 Å². The molecular formula is C25H27N. The van der Waals surface area contributed by atoms with Crippen LogP contribution in [0.5, 0.6) is 0 Å². The van der Waals surface area contributed by atoms with Gasteiger partial charge in [-0.2, -0.15) is 0 Å². The van der Waals surface area contributed by atoms with Crippen molar-refractivity contribution in [1.29, 1.82) is 0 Å². The minimum atomic E-state index is 0.822. The average Bonchev–Trinajstić information content (AvgIpc) is 2.68. The lowest BCUT2D eigenvalue weighted by Gasteiger charge is -2.00. The molecule has 0 aliphatic heterocycles. The Hall–Kier alpha value is -2.85. The van der Waals surface area contributed by atoms with E-state index in [0.717, 1.165) is 24.9 Å². The van der Waals surface area contributed by atoms with Gasteiger partial charge in [0.2, 0.25) is 0 Å². The monoisotopic (exact) mass is 341 g/mol. The first-order valence-corrected chi connectivity index (χ1v) is 9.15. The summed E-state index contributed by atoms with van der Waals surface area (Å²) in [6.07, 6.45) is 7.98. The third kappa shape index (κ3) is 6.57. The summed E-state index contributed by atoms with van der Waals surface area (Å²) in [6, 6.07) is 18.8. The molecule has 0 fully saturated rings. The van der Waals surface area contributed by atoms with Crippen LogP contribution in [0.3, 0.4) is 0 Å². The molecule has 2 aromatic rings. The van der Waals surface area contributed by atoms with Crippen LogP contribution in [0.2, 0.25) is 0 Å². The lowest BCUT2D eigenvalue weighted by Crippen LogP contribution is -1.86. The van der Waals surface area contributed by atoms with Gasteiger partial charge in [0, 0.05) is 24.7 Å². The highest BCUT2D eigenvalue weighted by atomic mass is 14.7. The van der Waals surface area contributed by atoms with Crippen molar-refractivity contribution in [2.24, 2.45) is 4.99 Å². The van der Waals surface area contributed by atoms with Gasteiger partial charge in [-0.1, -0.05) is 66.5 Å². The molecule has 0 N–H and O–H groups in total. The summed E-state index contributed by atoms with van der Waals surface area (Å²) in [5.41, 5.74) is 6.00. The van der Waals surface area contributed by atoms with Crippen molar-refractivity contribution < 1.29 is 0 Å². The van der Waals surface area contributed by atoms with E-state index in [-0.39, 0.29) is 0 Å². The van der Waals surface area contributed by atoms with Crippen LogP contribution >= 0.6 is 0 Å². The smallest absolute Gasteiger partial charge is 0.0398 e. The van der Waals surface area contributed by atoms with Gasteiger partial charge in [0.25, 0.3) is 0 Å². The molecule has 26 heavy (non-hydrogen) atoms. The Kier molecular flexibility index (Phi) is 8.16. The Bertz CT molecular complexity index is 825. The molecule has 0 radical (unpaired) electrons. The number of hydrogen-bond donors (Lipinski definition) is 0. The maximum Gasteiger partial charge on any atom is 0.0398 e. The van der Waals surface area contributed by atoms with Crippen LogP contribution in [-0.4, -0.2) is 12.8 Å². The minimum absolute atomic E-state index is 0.822. The Morgan fingerprint density at radius 2 is 1.62 bits per heavy atom. The number of unbranched alkanes of at least 4 members (excludes halogenated alkanes) is 1. The SMILES string of the molecule is C\C=C/C(C)=C(C)\C=N\CCCC#Cc1ccc(-c2ccccc2)cc1. The van der Waals surface area contributed by atoms with Gasteiger partial charge < -0.3 is 0 Å². The molecule has 0 amide bonds. The molecule has 0 saturated carbocycles. The fourth-order valence-corrected chi connectivity index (χ4v) is 2.48. The van der Waals surface area contributed by atoms with Crippen LogP contribution in [0.4, 0.5) is 0 Å². The fraction of sp³-hybridized carbons (Fsp3) is 0.240. The quantitative estimate of drug-likeness (QED) is 0.247. The standard InChI is InChI=1S/C25H27N/c1-4-11-21(2)22(3)20-26-19-10-6-7-12-23-15-17-25(18-16-23)24-13-8-5-9-14-24/h4-5,8-9,11,13-18,20H,6,10,19H2,1-3H3/b11-4-,22-21-,26-20+. The largest absolute Gasteiger partial charge is 0.293 e. The van der Waals surface area contributed by atoms with Crippen molar-refractivity contribution in [3.05, 3.63) is 83.5 Å². The number of aliphatic imine (C=N–C) groups is 1. The maximum atomic E-state index is 4.48. The molecule has 0 aliphatic rings. The van der Waals surface area contributed by atoms with Crippen molar-refractivity contribution in [1.82, 2.24) is 0 Å². The Morgan fingerprint density at radius 3 is 2.31 bits per heavy atom. The third-order valence-corrected chi connectivity index (χ3v) is 4.14. The Labute approximate surface area is 158 Å². The Morgan fingerprint density at radius 1 is 0.923 bits per heavy atom. The van der Waals surface area contributed by atoms with Crippen LogP contribution in [0.25, 0.3) is 11.1 Å². The van der Waals surface area contributed by atoms with Crippen LogP contribution < -0.4 is 0 Å². The van der Waals surface area contributed by atoms with Crippen molar-refractivity contribution in [3.63, 3.8) is 0 Å². The highest BCUT2D eigenvalue weighted by Gasteiger charge is 1.95. The molecule has 0 saturated heterocycles. The molecule has 0 unspecified atom stereocenters. The van der Waals surface area contributed by atoms with Gasteiger partial charge >= 0.3 is 0 Å². The molecule has 2 rings (SSSR count). The third-order valence-electron chi connectivity index (χ3n) is 4.14. The molecule has 0 bridgehead atoms. The predicted molar refractivity (Wildman–Crippen MR) is 115 cm³/mol. The van der Waals surface area contributed by atoms with Crippen LogP contribution in [0.1, 0.15) is 39.2 Å². The van der Waals surface area contributed by atoms with Gasteiger partial charge in [-0.15, -0.1) is 0 Å². The molecular weight excluding hydrogens is 314 g/mol.